The molecule has 7 nitrogen and oxygen atoms in total. The number of likely N-dealkylation sites (tertiary alicyclic amines) is 1. The van der Waals surface area contributed by atoms with Gasteiger partial charge in [-0.15, -0.1) is 0 Å². The normalized spacial score (nSPS) is 22.2. The van der Waals surface area contributed by atoms with Crippen molar-refractivity contribution >= 4 is 22.6 Å². The lowest BCUT2D eigenvalue weighted by atomic mass is 10.1. The van der Waals surface area contributed by atoms with Crippen molar-refractivity contribution < 1.29 is 9.53 Å². The SMILES string of the molecule is Nc1nccc2c1c(-c1ccc(Oc3ccccc3)cc1)nn2C1CC2CC1N(C(=O)C#CC1CC1)C2. The number of ether oxygens (including phenoxy) is 1. The Hall–Kier alpha value is -4.31. The van der Waals surface area contributed by atoms with E-state index in [2.05, 4.69) is 21.5 Å². The molecule has 3 unspecified atom stereocenters. The monoisotopic (exact) mass is 489 g/mol. The summed E-state index contributed by atoms with van der Waals surface area (Å²) in [7, 11) is 0. The molecule has 7 rings (SSSR count). The van der Waals surface area contributed by atoms with Crippen LogP contribution in [0.1, 0.15) is 31.7 Å². The van der Waals surface area contributed by atoms with Gasteiger partial charge in [-0.05, 0) is 80.0 Å². The van der Waals surface area contributed by atoms with Gasteiger partial charge in [-0.1, -0.05) is 24.1 Å². The summed E-state index contributed by atoms with van der Waals surface area (Å²) >= 11 is 0. The van der Waals surface area contributed by atoms with Crippen LogP contribution in [0.4, 0.5) is 5.82 Å². The minimum absolute atomic E-state index is 0.0454. The minimum Gasteiger partial charge on any atom is -0.457 e. The van der Waals surface area contributed by atoms with Crippen LogP contribution in [0.25, 0.3) is 22.2 Å². The second-order valence-corrected chi connectivity index (χ2v) is 10.3. The van der Waals surface area contributed by atoms with Crippen molar-refractivity contribution in [1.29, 1.82) is 0 Å². The largest absolute Gasteiger partial charge is 0.457 e. The molecule has 3 atom stereocenters. The highest BCUT2D eigenvalue weighted by molar-refractivity contribution is 6.00. The molecule has 3 aliphatic rings. The number of rotatable bonds is 4. The van der Waals surface area contributed by atoms with Crippen LogP contribution in [-0.4, -0.2) is 38.2 Å². The summed E-state index contributed by atoms with van der Waals surface area (Å²) in [6.45, 7) is 0.790. The predicted molar refractivity (Wildman–Crippen MR) is 142 cm³/mol. The first-order valence-electron chi connectivity index (χ1n) is 12.9. The van der Waals surface area contributed by atoms with Gasteiger partial charge in [0.25, 0.3) is 5.91 Å². The van der Waals surface area contributed by atoms with Gasteiger partial charge in [-0.25, -0.2) is 4.98 Å². The van der Waals surface area contributed by atoms with Gasteiger partial charge in [0.1, 0.15) is 23.0 Å². The van der Waals surface area contributed by atoms with Crippen LogP contribution in [0.15, 0.2) is 66.9 Å². The summed E-state index contributed by atoms with van der Waals surface area (Å²) in [5, 5.41) is 5.94. The van der Waals surface area contributed by atoms with Crippen molar-refractivity contribution in [2.24, 2.45) is 11.8 Å². The first kappa shape index (κ1) is 21.9. The highest BCUT2D eigenvalue weighted by Crippen LogP contribution is 2.46. The van der Waals surface area contributed by atoms with E-state index >= 15 is 0 Å². The molecule has 2 aromatic heterocycles. The Labute approximate surface area is 215 Å². The van der Waals surface area contributed by atoms with Crippen molar-refractivity contribution in [2.45, 2.75) is 37.8 Å². The van der Waals surface area contributed by atoms with Crippen molar-refractivity contribution in [2.75, 3.05) is 12.3 Å². The Balaban J connectivity index is 1.22. The van der Waals surface area contributed by atoms with Crippen LogP contribution >= 0.6 is 0 Å². The number of carbonyl (C=O) groups excluding carboxylic acids is 1. The molecule has 2 N–H and O–H groups in total. The first-order valence-corrected chi connectivity index (χ1v) is 12.9. The maximum absolute atomic E-state index is 12.9. The number of para-hydroxylation sites is 1. The van der Waals surface area contributed by atoms with E-state index in [1.807, 2.05) is 65.6 Å². The van der Waals surface area contributed by atoms with E-state index in [1.54, 1.807) is 6.20 Å². The Morgan fingerprint density at radius 3 is 2.49 bits per heavy atom. The first-order chi connectivity index (χ1) is 18.1. The van der Waals surface area contributed by atoms with Crippen molar-refractivity contribution in [3.8, 4) is 34.6 Å². The van der Waals surface area contributed by atoms with Crippen LogP contribution in [0, 0.1) is 23.7 Å². The lowest BCUT2D eigenvalue weighted by molar-refractivity contribution is -0.127. The number of piperidine rings is 1. The highest BCUT2D eigenvalue weighted by Gasteiger charge is 2.48. The van der Waals surface area contributed by atoms with E-state index in [0.717, 1.165) is 65.9 Å². The third-order valence-corrected chi connectivity index (χ3v) is 7.74. The van der Waals surface area contributed by atoms with E-state index in [1.165, 1.54) is 0 Å². The lowest BCUT2D eigenvalue weighted by Crippen LogP contribution is -2.42. The van der Waals surface area contributed by atoms with Gasteiger partial charge >= 0.3 is 0 Å². The van der Waals surface area contributed by atoms with Crippen LogP contribution in [0.5, 0.6) is 11.5 Å². The molecule has 4 aromatic rings. The standard InChI is InChI=1S/C30H27N5O2/c31-30-28-24(14-15-32-30)35(26-17-20-16-25(26)34(18-20)27(36)13-8-19-6-7-19)33-29(28)21-9-11-23(12-10-21)37-22-4-2-1-3-5-22/h1-5,9-12,14-15,19-20,25-26H,6-7,16-18H2,(H2,31,32). The van der Waals surface area contributed by atoms with Gasteiger partial charge in [0.15, 0.2) is 0 Å². The molecule has 2 bridgehead atoms. The smallest absolute Gasteiger partial charge is 0.298 e. The van der Waals surface area contributed by atoms with Gasteiger partial charge < -0.3 is 15.4 Å². The number of nitrogens with two attached hydrogens (primary N) is 1. The molecule has 2 saturated carbocycles. The fourth-order valence-electron chi connectivity index (χ4n) is 5.82. The van der Waals surface area contributed by atoms with Crippen molar-refractivity contribution in [3.05, 3.63) is 66.9 Å². The number of pyridine rings is 1. The molecule has 1 aliphatic heterocycles. The second-order valence-electron chi connectivity index (χ2n) is 10.3. The summed E-state index contributed by atoms with van der Waals surface area (Å²) in [6.07, 6.45) is 5.95. The molecule has 3 fully saturated rings. The fraction of sp³-hybridized carbons (Fsp3) is 0.300. The summed E-state index contributed by atoms with van der Waals surface area (Å²) in [4.78, 5) is 19.3. The van der Waals surface area contributed by atoms with Crippen LogP contribution < -0.4 is 10.5 Å². The molecule has 0 spiro atoms. The molecule has 2 aromatic carbocycles. The lowest BCUT2D eigenvalue weighted by Gasteiger charge is -2.32. The number of aromatic nitrogens is 3. The molecular formula is C30H27N5O2. The van der Waals surface area contributed by atoms with E-state index in [4.69, 9.17) is 15.6 Å². The van der Waals surface area contributed by atoms with Crippen molar-refractivity contribution in [3.63, 3.8) is 0 Å². The topological polar surface area (TPSA) is 86.3 Å². The van der Waals surface area contributed by atoms with Gasteiger partial charge in [-0.2, -0.15) is 5.10 Å². The number of nitrogen functional groups attached to an aromatic ring is 1. The summed E-state index contributed by atoms with van der Waals surface area (Å²) in [5.74, 6) is 8.87. The average molecular weight is 490 g/mol. The van der Waals surface area contributed by atoms with Gasteiger partial charge in [0.2, 0.25) is 0 Å². The minimum atomic E-state index is -0.0454. The fourth-order valence-corrected chi connectivity index (χ4v) is 5.82. The predicted octanol–water partition coefficient (Wildman–Crippen LogP) is 5.05. The molecule has 3 heterocycles. The molecule has 7 heteroatoms. The number of hydrogen-bond donors (Lipinski definition) is 1. The maximum atomic E-state index is 12.9. The zero-order chi connectivity index (χ0) is 24.9. The Kier molecular flexibility index (Phi) is 5.14. The molecule has 1 saturated heterocycles. The number of nitrogens with zero attached hydrogens (tertiary/aromatic N) is 4. The van der Waals surface area contributed by atoms with Crippen LogP contribution in [-0.2, 0) is 4.79 Å². The molecule has 1 amide bonds. The third kappa shape index (κ3) is 3.99. The number of carbonyl (C=O) groups is 1. The summed E-state index contributed by atoms with van der Waals surface area (Å²) < 4.78 is 8.04. The van der Waals surface area contributed by atoms with E-state index in [0.29, 0.717) is 17.7 Å². The molecular weight excluding hydrogens is 462 g/mol. The zero-order valence-corrected chi connectivity index (χ0v) is 20.4. The van der Waals surface area contributed by atoms with E-state index in [9.17, 15) is 4.79 Å². The van der Waals surface area contributed by atoms with Gasteiger partial charge in [0, 0.05) is 24.2 Å². The number of fused-ring (bicyclic) bond motifs is 3. The number of benzene rings is 2. The quantitative estimate of drug-likeness (QED) is 0.406. The highest BCUT2D eigenvalue weighted by atomic mass is 16.5. The second kappa shape index (κ2) is 8.67. The Morgan fingerprint density at radius 2 is 1.73 bits per heavy atom. The van der Waals surface area contributed by atoms with E-state index < -0.39 is 0 Å². The molecule has 0 radical (unpaired) electrons. The number of hydrogen-bond acceptors (Lipinski definition) is 5. The maximum Gasteiger partial charge on any atom is 0.298 e. The third-order valence-electron chi connectivity index (χ3n) is 7.74. The van der Waals surface area contributed by atoms with E-state index in [-0.39, 0.29) is 18.0 Å². The average Bonchev–Trinajstić information content (AvgIpc) is 3.34. The number of anilines is 1. The van der Waals surface area contributed by atoms with Gasteiger partial charge in [-0.3, -0.25) is 9.48 Å². The molecule has 184 valence electrons. The summed E-state index contributed by atoms with van der Waals surface area (Å²) in [5.41, 5.74) is 9.07. The number of amides is 1. The Morgan fingerprint density at radius 1 is 0.973 bits per heavy atom. The summed E-state index contributed by atoms with van der Waals surface area (Å²) in [6, 6.07) is 19.7. The molecule has 2 aliphatic carbocycles. The van der Waals surface area contributed by atoms with Crippen LogP contribution in [0.2, 0.25) is 0 Å². The van der Waals surface area contributed by atoms with Gasteiger partial charge in [0.05, 0.1) is 23.0 Å². The van der Waals surface area contributed by atoms with Crippen molar-refractivity contribution in [1.82, 2.24) is 19.7 Å². The van der Waals surface area contributed by atoms with Crippen LogP contribution in [0.3, 0.4) is 0 Å². The zero-order valence-electron chi connectivity index (χ0n) is 20.4. The molecule has 37 heavy (non-hydrogen) atoms. The Bertz CT molecular complexity index is 1550.